The lowest BCUT2D eigenvalue weighted by Crippen LogP contribution is -2.09. The molecule has 0 aliphatic carbocycles. The van der Waals surface area contributed by atoms with Crippen LogP contribution in [0.4, 0.5) is 28.4 Å². The van der Waals surface area contributed by atoms with Gasteiger partial charge in [-0.2, -0.15) is 0 Å². The van der Waals surface area contributed by atoms with E-state index < -0.39 is 0 Å². The van der Waals surface area contributed by atoms with Gasteiger partial charge in [-0.25, -0.2) is 0 Å². The second-order valence-electron chi connectivity index (χ2n) is 12.5. The molecule has 1 aromatic heterocycles. The highest BCUT2D eigenvalue weighted by Crippen LogP contribution is 2.37. The maximum absolute atomic E-state index is 5.70. The Bertz CT molecular complexity index is 2340. The molecule has 5 nitrogen and oxygen atoms in total. The molecule has 0 spiro atoms. The Labute approximate surface area is 291 Å². The molecule has 0 unspecified atom stereocenters. The van der Waals surface area contributed by atoms with E-state index in [0.717, 1.165) is 45.2 Å². The molecule has 5 heteroatoms. The number of para-hydroxylation sites is 3. The standard InChI is InChI=1S/C45H35N3O2/c1-3-9-37(10-4-1)47(38-11-5-2-6-12-38)39-24-17-33(18-25-39)32-15-21-35(22-16-32)46-36-23-28-44-42(31-36)41-13-7-8-14-43(41)48(44)40-26-19-34(20-27-40)45-49-29-30-50-45/h1-28,31,45-46H,29-30H2. The quantitative estimate of drug-likeness (QED) is 0.178. The summed E-state index contributed by atoms with van der Waals surface area (Å²) in [5.74, 6) is 0. The molecule has 0 radical (unpaired) electrons. The molecular formula is C45H35N3O2. The van der Waals surface area contributed by atoms with Gasteiger partial charge in [0.05, 0.1) is 24.2 Å². The molecule has 1 fully saturated rings. The fraction of sp³-hybridized carbons (Fsp3) is 0.0667. The Hall–Kier alpha value is -6.14. The highest BCUT2D eigenvalue weighted by atomic mass is 16.7. The Balaban J connectivity index is 0.966. The van der Waals surface area contributed by atoms with Gasteiger partial charge in [-0.1, -0.05) is 91.0 Å². The summed E-state index contributed by atoms with van der Waals surface area (Å²) in [7, 11) is 0. The molecule has 1 aliphatic rings. The van der Waals surface area contributed by atoms with Crippen LogP contribution in [-0.2, 0) is 9.47 Å². The van der Waals surface area contributed by atoms with Crippen LogP contribution < -0.4 is 10.2 Å². The molecule has 0 saturated carbocycles. The van der Waals surface area contributed by atoms with Crippen molar-refractivity contribution in [2.45, 2.75) is 6.29 Å². The van der Waals surface area contributed by atoms with E-state index >= 15 is 0 Å². The van der Waals surface area contributed by atoms with Gasteiger partial charge < -0.3 is 24.3 Å². The van der Waals surface area contributed by atoms with E-state index in [1.54, 1.807) is 0 Å². The van der Waals surface area contributed by atoms with Gasteiger partial charge in [-0.05, 0) is 96.1 Å². The van der Waals surface area contributed by atoms with Crippen LogP contribution >= 0.6 is 0 Å². The molecule has 0 bridgehead atoms. The summed E-state index contributed by atoms with van der Waals surface area (Å²) >= 11 is 0. The maximum atomic E-state index is 5.70. The van der Waals surface area contributed by atoms with Crippen molar-refractivity contribution in [3.8, 4) is 16.8 Å². The number of nitrogens with one attached hydrogen (secondary N) is 1. The van der Waals surface area contributed by atoms with E-state index in [1.165, 1.54) is 27.4 Å². The van der Waals surface area contributed by atoms with Crippen LogP contribution in [0.5, 0.6) is 0 Å². The third-order valence-corrected chi connectivity index (χ3v) is 9.38. The summed E-state index contributed by atoms with van der Waals surface area (Å²) in [5, 5.41) is 6.06. The van der Waals surface area contributed by atoms with Crippen LogP contribution in [0.2, 0.25) is 0 Å². The molecule has 2 heterocycles. The molecule has 1 N–H and O–H groups in total. The first-order chi connectivity index (χ1) is 24.8. The van der Waals surface area contributed by atoms with Gasteiger partial charge in [0.15, 0.2) is 6.29 Å². The maximum Gasteiger partial charge on any atom is 0.184 e. The zero-order chi connectivity index (χ0) is 33.3. The number of nitrogens with zero attached hydrogens (tertiary/aromatic N) is 2. The molecule has 1 aliphatic heterocycles. The van der Waals surface area contributed by atoms with E-state index in [-0.39, 0.29) is 6.29 Å². The first-order valence-electron chi connectivity index (χ1n) is 17.0. The second kappa shape index (κ2) is 13.1. The van der Waals surface area contributed by atoms with Gasteiger partial charge in [-0.15, -0.1) is 0 Å². The molecule has 0 atom stereocenters. The lowest BCUT2D eigenvalue weighted by atomic mass is 10.0. The molecule has 9 rings (SSSR count). The summed E-state index contributed by atoms with van der Waals surface area (Å²) < 4.78 is 13.7. The second-order valence-corrected chi connectivity index (χ2v) is 12.5. The number of aromatic nitrogens is 1. The average Bonchev–Trinajstić information content (AvgIpc) is 3.84. The van der Waals surface area contributed by atoms with Gasteiger partial charge in [0.2, 0.25) is 0 Å². The zero-order valence-electron chi connectivity index (χ0n) is 27.4. The highest BCUT2D eigenvalue weighted by molar-refractivity contribution is 6.10. The lowest BCUT2D eigenvalue weighted by molar-refractivity contribution is -0.0441. The summed E-state index contributed by atoms with van der Waals surface area (Å²) in [6.45, 7) is 1.27. The number of fused-ring (bicyclic) bond motifs is 3. The number of anilines is 5. The molecule has 50 heavy (non-hydrogen) atoms. The fourth-order valence-electron chi connectivity index (χ4n) is 6.98. The smallest absolute Gasteiger partial charge is 0.184 e. The van der Waals surface area contributed by atoms with Gasteiger partial charge in [0.25, 0.3) is 0 Å². The van der Waals surface area contributed by atoms with E-state index in [1.807, 2.05) is 0 Å². The minimum absolute atomic E-state index is 0.277. The normalized spacial score (nSPS) is 13.2. The predicted molar refractivity (Wildman–Crippen MR) is 205 cm³/mol. The fourth-order valence-corrected chi connectivity index (χ4v) is 6.98. The van der Waals surface area contributed by atoms with Crippen LogP contribution in [-0.4, -0.2) is 17.8 Å². The largest absolute Gasteiger partial charge is 0.356 e. The zero-order valence-corrected chi connectivity index (χ0v) is 27.4. The number of rotatable bonds is 8. The van der Waals surface area contributed by atoms with Crippen molar-refractivity contribution in [1.29, 1.82) is 0 Å². The number of hydrogen-bond donors (Lipinski definition) is 1. The predicted octanol–water partition coefficient (Wildman–Crippen LogP) is 11.7. The van der Waals surface area contributed by atoms with E-state index in [9.17, 15) is 0 Å². The third kappa shape index (κ3) is 5.69. The summed E-state index contributed by atoms with van der Waals surface area (Å²) in [4.78, 5) is 2.28. The minimum Gasteiger partial charge on any atom is -0.356 e. The van der Waals surface area contributed by atoms with Crippen molar-refractivity contribution in [2.75, 3.05) is 23.4 Å². The van der Waals surface area contributed by atoms with Gasteiger partial charge >= 0.3 is 0 Å². The topological polar surface area (TPSA) is 38.7 Å². The van der Waals surface area contributed by atoms with Crippen LogP contribution in [0.25, 0.3) is 38.6 Å². The van der Waals surface area contributed by atoms with Gasteiger partial charge in [0.1, 0.15) is 0 Å². The monoisotopic (exact) mass is 649 g/mol. The first-order valence-corrected chi connectivity index (χ1v) is 17.0. The van der Waals surface area contributed by atoms with Crippen molar-refractivity contribution < 1.29 is 9.47 Å². The van der Waals surface area contributed by atoms with Gasteiger partial charge in [0, 0.05) is 50.5 Å². The van der Waals surface area contributed by atoms with Gasteiger partial charge in [-0.3, -0.25) is 0 Å². The summed E-state index contributed by atoms with van der Waals surface area (Å²) in [6, 6.07) is 62.1. The van der Waals surface area contributed by atoms with Crippen LogP contribution in [0.15, 0.2) is 176 Å². The Kier molecular flexibility index (Phi) is 7.82. The van der Waals surface area contributed by atoms with Crippen LogP contribution in [0.3, 0.4) is 0 Å². The molecular weight excluding hydrogens is 615 g/mol. The Morgan fingerprint density at radius 3 is 1.68 bits per heavy atom. The third-order valence-electron chi connectivity index (χ3n) is 9.38. The number of ether oxygens (including phenoxy) is 2. The molecule has 242 valence electrons. The lowest BCUT2D eigenvalue weighted by Gasteiger charge is -2.25. The SMILES string of the molecule is c1ccc(N(c2ccccc2)c2ccc(-c3ccc(Nc4ccc5c(c4)c4ccccc4n5-c4ccc(C5OCCO5)cc4)cc3)cc2)cc1. The molecule has 8 aromatic rings. The van der Waals surface area contributed by atoms with Crippen molar-refractivity contribution in [3.05, 3.63) is 181 Å². The first kappa shape index (κ1) is 30.0. The van der Waals surface area contributed by atoms with Crippen molar-refractivity contribution in [2.24, 2.45) is 0 Å². The number of benzene rings is 7. The minimum atomic E-state index is -0.277. The van der Waals surface area contributed by atoms with Crippen molar-refractivity contribution in [1.82, 2.24) is 4.57 Å². The summed E-state index contributed by atoms with van der Waals surface area (Å²) in [6.07, 6.45) is -0.277. The van der Waals surface area contributed by atoms with E-state index in [2.05, 4.69) is 191 Å². The Morgan fingerprint density at radius 2 is 1.02 bits per heavy atom. The highest BCUT2D eigenvalue weighted by Gasteiger charge is 2.19. The Morgan fingerprint density at radius 1 is 0.480 bits per heavy atom. The molecule has 7 aromatic carbocycles. The van der Waals surface area contributed by atoms with Crippen molar-refractivity contribution >= 4 is 50.2 Å². The molecule has 1 saturated heterocycles. The van der Waals surface area contributed by atoms with Crippen LogP contribution in [0, 0.1) is 0 Å². The molecule has 0 amide bonds. The summed E-state index contributed by atoms with van der Waals surface area (Å²) in [5.41, 5.74) is 12.3. The number of hydrogen-bond acceptors (Lipinski definition) is 4. The van der Waals surface area contributed by atoms with Crippen molar-refractivity contribution in [3.63, 3.8) is 0 Å². The average molecular weight is 650 g/mol. The van der Waals surface area contributed by atoms with E-state index in [0.29, 0.717) is 13.2 Å². The van der Waals surface area contributed by atoms with Crippen LogP contribution in [0.1, 0.15) is 11.9 Å². The van der Waals surface area contributed by atoms with E-state index in [4.69, 9.17) is 9.47 Å².